The van der Waals surface area contributed by atoms with Gasteiger partial charge in [0.1, 0.15) is 0 Å². The molecule has 5 heteroatoms. The summed E-state index contributed by atoms with van der Waals surface area (Å²) < 4.78 is 0. The molecule has 1 N–H and O–H groups in total. The summed E-state index contributed by atoms with van der Waals surface area (Å²) in [5.41, 5.74) is 1.65. The highest BCUT2D eigenvalue weighted by atomic mass is 32.2. The van der Waals surface area contributed by atoms with Gasteiger partial charge in [-0.3, -0.25) is 9.59 Å². The Hall–Kier alpha value is -1.49. The zero-order chi connectivity index (χ0) is 13.8. The minimum absolute atomic E-state index is 0.0505. The second kappa shape index (κ2) is 6.10. The number of thioether (sulfide) groups is 1. The summed E-state index contributed by atoms with van der Waals surface area (Å²) in [4.78, 5) is 26.7. The summed E-state index contributed by atoms with van der Waals surface area (Å²) in [7, 11) is 0. The number of amides is 2. The number of nitrogens with one attached hydrogen (secondary N) is 1. The molecule has 1 aliphatic heterocycles. The first-order chi connectivity index (χ1) is 9.11. The van der Waals surface area contributed by atoms with Crippen LogP contribution in [0.4, 0.5) is 0 Å². The first-order valence-electron chi connectivity index (χ1n) is 6.32. The molecule has 1 saturated heterocycles. The highest BCUT2D eigenvalue weighted by molar-refractivity contribution is 7.98. The molecule has 0 saturated carbocycles. The van der Waals surface area contributed by atoms with Crippen molar-refractivity contribution in [3.05, 3.63) is 29.3 Å². The number of aryl methyl sites for hydroxylation is 1. The summed E-state index contributed by atoms with van der Waals surface area (Å²) in [5, 5.41) is 2.78. The third-order valence-electron chi connectivity index (χ3n) is 3.22. The van der Waals surface area contributed by atoms with Gasteiger partial charge in [-0.25, -0.2) is 0 Å². The molecule has 19 heavy (non-hydrogen) atoms. The number of nitrogens with zero attached hydrogens (tertiary/aromatic N) is 1. The van der Waals surface area contributed by atoms with Crippen LogP contribution in [-0.4, -0.2) is 42.6 Å². The van der Waals surface area contributed by atoms with Crippen molar-refractivity contribution in [1.82, 2.24) is 10.2 Å². The smallest absolute Gasteiger partial charge is 0.254 e. The second-order valence-corrected chi connectivity index (χ2v) is 5.49. The van der Waals surface area contributed by atoms with Gasteiger partial charge in [0.25, 0.3) is 5.91 Å². The summed E-state index contributed by atoms with van der Waals surface area (Å²) in [6.07, 6.45) is 2.79. The molecule has 0 radical (unpaired) electrons. The number of rotatable bonds is 2. The van der Waals surface area contributed by atoms with Gasteiger partial charge < -0.3 is 10.2 Å². The molecule has 1 aliphatic rings. The molecule has 1 aromatic rings. The summed E-state index contributed by atoms with van der Waals surface area (Å²) in [6.45, 7) is 3.35. The first-order valence-corrected chi connectivity index (χ1v) is 7.55. The Morgan fingerprint density at radius 1 is 1.42 bits per heavy atom. The molecule has 0 atom stereocenters. The summed E-state index contributed by atoms with van der Waals surface area (Å²) in [5.74, 6) is -0.130. The molecule has 0 aliphatic carbocycles. The molecule has 1 fully saturated rings. The lowest BCUT2D eigenvalue weighted by Crippen LogP contribution is -2.37. The average Bonchev–Trinajstić information content (AvgIpc) is 2.63. The zero-order valence-corrected chi connectivity index (χ0v) is 12.0. The van der Waals surface area contributed by atoms with E-state index in [1.54, 1.807) is 16.7 Å². The Morgan fingerprint density at radius 3 is 2.95 bits per heavy atom. The minimum Gasteiger partial charge on any atom is -0.354 e. The first kappa shape index (κ1) is 13.9. The SMILES string of the molecule is CSc1ccc(C)c(C(=O)N2CCCNC(=O)C2)c1. The van der Waals surface area contributed by atoms with Crippen molar-refractivity contribution in [3.63, 3.8) is 0 Å². The fraction of sp³-hybridized carbons (Fsp3) is 0.429. The number of hydrogen-bond acceptors (Lipinski definition) is 3. The van der Waals surface area contributed by atoms with E-state index in [9.17, 15) is 9.59 Å². The maximum absolute atomic E-state index is 12.5. The molecule has 0 spiro atoms. The molecule has 0 bridgehead atoms. The van der Waals surface area contributed by atoms with Gasteiger partial charge in [0, 0.05) is 23.5 Å². The van der Waals surface area contributed by atoms with Crippen LogP contribution < -0.4 is 5.32 Å². The van der Waals surface area contributed by atoms with Crippen LogP contribution in [0.15, 0.2) is 23.1 Å². The summed E-state index contributed by atoms with van der Waals surface area (Å²) >= 11 is 1.61. The number of carbonyl (C=O) groups excluding carboxylic acids is 2. The van der Waals surface area contributed by atoms with Crippen molar-refractivity contribution < 1.29 is 9.59 Å². The Labute approximate surface area is 117 Å². The largest absolute Gasteiger partial charge is 0.354 e. The highest BCUT2D eigenvalue weighted by Gasteiger charge is 2.22. The predicted octanol–water partition coefficient (Wildman–Crippen LogP) is 1.68. The van der Waals surface area contributed by atoms with Gasteiger partial charge in [0.15, 0.2) is 0 Å². The monoisotopic (exact) mass is 278 g/mol. The van der Waals surface area contributed by atoms with Crippen LogP contribution in [0.5, 0.6) is 0 Å². The quantitative estimate of drug-likeness (QED) is 0.837. The van der Waals surface area contributed by atoms with Crippen LogP contribution in [0.3, 0.4) is 0 Å². The van der Waals surface area contributed by atoms with E-state index in [4.69, 9.17) is 0 Å². The third kappa shape index (κ3) is 3.29. The Balaban J connectivity index is 2.24. The van der Waals surface area contributed by atoms with E-state index >= 15 is 0 Å². The van der Waals surface area contributed by atoms with Crippen LogP contribution in [0.2, 0.25) is 0 Å². The van der Waals surface area contributed by atoms with Crippen LogP contribution >= 0.6 is 11.8 Å². The van der Waals surface area contributed by atoms with Crippen LogP contribution in [0.1, 0.15) is 22.3 Å². The standard InChI is InChI=1S/C14H18N2O2S/c1-10-4-5-11(19-2)8-12(10)14(18)16-7-3-6-15-13(17)9-16/h4-5,8H,3,6-7,9H2,1-2H3,(H,15,17). The lowest BCUT2D eigenvalue weighted by Gasteiger charge is -2.20. The van der Waals surface area contributed by atoms with E-state index in [0.717, 1.165) is 16.9 Å². The molecule has 1 heterocycles. The van der Waals surface area contributed by atoms with Gasteiger partial charge in [0.05, 0.1) is 6.54 Å². The van der Waals surface area contributed by atoms with E-state index in [2.05, 4.69) is 5.32 Å². The van der Waals surface area contributed by atoms with Crippen molar-refractivity contribution in [3.8, 4) is 0 Å². The van der Waals surface area contributed by atoms with Crippen molar-refractivity contribution in [1.29, 1.82) is 0 Å². The lowest BCUT2D eigenvalue weighted by atomic mass is 10.1. The van der Waals surface area contributed by atoms with Crippen LogP contribution in [0.25, 0.3) is 0 Å². The van der Waals surface area contributed by atoms with Crippen molar-refractivity contribution in [2.24, 2.45) is 0 Å². The molecule has 2 amide bonds. The Bertz CT molecular complexity index is 502. The van der Waals surface area contributed by atoms with Crippen molar-refractivity contribution in [2.75, 3.05) is 25.9 Å². The number of hydrogen-bond donors (Lipinski definition) is 1. The van der Waals surface area contributed by atoms with Gasteiger partial charge in [0.2, 0.25) is 5.91 Å². The van der Waals surface area contributed by atoms with Crippen molar-refractivity contribution >= 4 is 23.6 Å². The van der Waals surface area contributed by atoms with Crippen LogP contribution in [0, 0.1) is 6.92 Å². The van der Waals surface area contributed by atoms with Gasteiger partial charge in [-0.2, -0.15) is 0 Å². The van der Waals surface area contributed by atoms with Crippen molar-refractivity contribution in [2.45, 2.75) is 18.2 Å². The average molecular weight is 278 g/mol. The van der Waals surface area contributed by atoms with E-state index in [0.29, 0.717) is 18.7 Å². The molecule has 102 valence electrons. The topological polar surface area (TPSA) is 49.4 Å². The Morgan fingerprint density at radius 2 is 2.21 bits per heavy atom. The van der Waals surface area contributed by atoms with E-state index in [1.165, 1.54) is 0 Å². The highest BCUT2D eigenvalue weighted by Crippen LogP contribution is 2.20. The second-order valence-electron chi connectivity index (χ2n) is 4.61. The predicted molar refractivity (Wildman–Crippen MR) is 76.5 cm³/mol. The zero-order valence-electron chi connectivity index (χ0n) is 11.2. The van der Waals surface area contributed by atoms with Gasteiger partial charge in [-0.05, 0) is 37.3 Å². The fourth-order valence-corrected chi connectivity index (χ4v) is 2.55. The molecule has 0 aromatic heterocycles. The fourth-order valence-electron chi connectivity index (χ4n) is 2.11. The van der Waals surface area contributed by atoms with Crippen LogP contribution in [-0.2, 0) is 4.79 Å². The van der Waals surface area contributed by atoms with Gasteiger partial charge in [-0.15, -0.1) is 11.8 Å². The Kier molecular flexibility index (Phi) is 4.47. The molecule has 4 nitrogen and oxygen atoms in total. The normalized spacial score (nSPS) is 15.9. The maximum atomic E-state index is 12.5. The number of carbonyl (C=O) groups is 2. The molecular weight excluding hydrogens is 260 g/mol. The lowest BCUT2D eigenvalue weighted by molar-refractivity contribution is -0.121. The molecule has 0 unspecified atom stereocenters. The third-order valence-corrected chi connectivity index (χ3v) is 3.95. The molecule has 2 rings (SSSR count). The maximum Gasteiger partial charge on any atom is 0.254 e. The van der Waals surface area contributed by atoms with E-state index in [1.807, 2.05) is 31.4 Å². The minimum atomic E-state index is -0.0791. The molecular formula is C14H18N2O2S. The summed E-state index contributed by atoms with van der Waals surface area (Å²) in [6, 6.07) is 5.87. The van der Waals surface area contributed by atoms with E-state index < -0.39 is 0 Å². The van der Waals surface area contributed by atoms with Gasteiger partial charge in [-0.1, -0.05) is 6.07 Å². The number of benzene rings is 1. The molecule has 1 aromatic carbocycles. The van der Waals surface area contributed by atoms with E-state index in [-0.39, 0.29) is 18.4 Å². The van der Waals surface area contributed by atoms with Gasteiger partial charge >= 0.3 is 0 Å².